The van der Waals surface area contributed by atoms with Gasteiger partial charge in [-0.1, -0.05) is 17.3 Å². The van der Waals surface area contributed by atoms with Crippen LogP contribution in [-0.4, -0.2) is 41.1 Å². The molecule has 1 amide bonds. The number of amidine groups is 1. The Morgan fingerprint density at radius 3 is 2.76 bits per heavy atom. The summed E-state index contributed by atoms with van der Waals surface area (Å²) in [6.07, 6.45) is 2.00. The first kappa shape index (κ1) is 17.2. The van der Waals surface area contributed by atoms with E-state index in [-0.39, 0.29) is 23.1 Å². The van der Waals surface area contributed by atoms with Gasteiger partial charge >= 0.3 is 0 Å². The van der Waals surface area contributed by atoms with Gasteiger partial charge < -0.3 is 21.0 Å². The van der Waals surface area contributed by atoms with Crippen LogP contribution in [0.5, 0.6) is 5.75 Å². The van der Waals surface area contributed by atoms with Gasteiger partial charge in [-0.2, -0.15) is 11.8 Å². The molecule has 0 unspecified atom stereocenters. The predicted molar refractivity (Wildman–Crippen MR) is 85.1 cm³/mol. The zero-order valence-electron chi connectivity index (χ0n) is 12.4. The number of thioether (sulfide) groups is 1. The number of oxime groups is 1. The van der Waals surface area contributed by atoms with E-state index in [9.17, 15) is 4.79 Å². The van der Waals surface area contributed by atoms with Crippen LogP contribution in [0.3, 0.4) is 0 Å². The normalized spacial score (nSPS) is 12.0. The van der Waals surface area contributed by atoms with Gasteiger partial charge in [0, 0.05) is 11.3 Å². The Hall–Kier alpha value is -1.89. The molecule has 0 bridgehead atoms. The minimum Gasteiger partial charge on any atom is -0.483 e. The van der Waals surface area contributed by atoms with Crippen LogP contribution in [-0.2, 0) is 4.79 Å². The van der Waals surface area contributed by atoms with Crippen molar-refractivity contribution < 1.29 is 14.7 Å². The molecule has 1 rings (SSSR count). The molecular formula is C14H21N3O3S. The van der Waals surface area contributed by atoms with Gasteiger partial charge in [-0.15, -0.1) is 0 Å². The summed E-state index contributed by atoms with van der Waals surface area (Å²) in [5.41, 5.74) is 5.99. The van der Waals surface area contributed by atoms with E-state index in [0.717, 1.165) is 0 Å². The maximum Gasteiger partial charge on any atom is 0.257 e. The van der Waals surface area contributed by atoms with Crippen molar-refractivity contribution in [2.45, 2.75) is 18.6 Å². The van der Waals surface area contributed by atoms with Gasteiger partial charge in [0.25, 0.3) is 5.91 Å². The lowest BCUT2D eigenvalue weighted by Crippen LogP contribution is -2.38. The van der Waals surface area contributed by atoms with Crippen LogP contribution >= 0.6 is 11.8 Å². The van der Waals surface area contributed by atoms with Crippen LogP contribution in [0.2, 0.25) is 0 Å². The Morgan fingerprint density at radius 2 is 2.14 bits per heavy atom. The van der Waals surface area contributed by atoms with E-state index in [1.165, 1.54) is 0 Å². The molecule has 4 N–H and O–H groups in total. The molecule has 0 aliphatic rings. The summed E-state index contributed by atoms with van der Waals surface area (Å²) in [6.45, 7) is 4.53. The van der Waals surface area contributed by atoms with Gasteiger partial charge in [-0.3, -0.25) is 4.79 Å². The number of amides is 1. The topological polar surface area (TPSA) is 96.9 Å². The number of nitrogens with two attached hydrogens (primary N) is 1. The number of para-hydroxylation sites is 1. The molecule has 0 fully saturated rings. The smallest absolute Gasteiger partial charge is 0.257 e. The summed E-state index contributed by atoms with van der Waals surface area (Å²) < 4.78 is 5.40. The fourth-order valence-corrected chi connectivity index (χ4v) is 1.65. The maximum atomic E-state index is 11.8. The third-order valence-electron chi connectivity index (χ3n) is 2.89. The lowest BCUT2D eigenvalue weighted by atomic mass is 10.2. The summed E-state index contributed by atoms with van der Waals surface area (Å²) in [4.78, 5) is 11.8. The Bertz CT molecular complexity index is 518. The second kappa shape index (κ2) is 7.78. The van der Waals surface area contributed by atoms with Crippen molar-refractivity contribution in [3.8, 4) is 5.75 Å². The average Bonchev–Trinajstić information content (AvgIpc) is 2.50. The van der Waals surface area contributed by atoms with Gasteiger partial charge in [0.15, 0.2) is 12.4 Å². The molecule has 1 aromatic carbocycles. The largest absolute Gasteiger partial charge is 0.483 e. The van der Waals surface area contributed by atoms with Gasteiger partial charge in [0.2, 0.25) is 0 Å². The molecule has 6 nitrogen and oxygen atoms in total. The lowest BCUT2D eigenvalue weighted by molar-refractivity contribution is -0.123. The van der Waals surface area contributed by atoms with Crippen molar-refractivity contribution in [3.63, 3.8) is 0 Å². The Morgan fingerprint density at radius 1 is 1.48 bits per heavy atom. The van der Waals surface area contributed by atoms with Gasteiger partial charge in [0.1, 0.15) is 5.75 Å². The van der Waals surface area contributed by atoms with E-state index in [1.807, 2.05) is 20.1 Å². The molecule has 0 atom stereocenters. The van der Waals surface area contributed by atoms with Crippen molar-refractivity contribution in [3.05, 3.63) is 29.8 Å². The lowest BCUT2D eigenvalue weighted by Gasteiger charge is -2.22. The number of benzene rings is 1. The number of ether oxygens (including phenoxy) is 1. The molecule has 7 heteroatoms. The maximum absolute atomic E-state index is 11.8. The highest BCUT2D eigenvalue weighted by molar-refractivity contribution is 7.99. The molecule has 0 heterocycles. The molecular weight excluding hydrogens is 290 g/mol. The standard InChI is InChI=1S/C14H21N3O3S/c1-14(2,21-3)9-16-12(18)8-20-11-7-5-4-6-10(11)13(15)17-19/h4-7,19H,8-9H2,1-3H3,(H2,15,17)(H,16,18). The summed E-state index contributed by atoms with van der Waals surface area (Å²) in [7, 11) is 0. The van der Waals surface area contributed by atoms with Crippen LogP contribution < -0.4 is 15.8 Å². The number of nitrogens with one attached hydrogen (secondary N) is 1. The fourth-order valence-electron chi connectivity index (χ4n) is 1.44. The highest BCUT2D eigenvalue weighted by Crippen LogP contribution is 2.20. The van der Waals surface area contributed by atoms with Crippen LogP contribution in [0.4, 0.5) is 0 Å². The average molecular weight is 311 g/mol. The number of carbonyl (C=O) groups excluding carboxylic acids is 1. The SMILES string of the molecule is CSC(C)(C)CNC(=O)COc1ccccc1/C(N)=N/O. The second-order valence-electron chi connectivity index (χ2n) is 5.01. The molecule has 116 valence electrons. The third-order valence-corrected chi connectivity index (χ3v) is 4.14. The number of rotatable bonds is 7. The van der Waals surface area contributed by atoms with Crippen LogP contribution in [0.15, 0.2) is 29.4 Å². The number of carbonyl (C=O) groups is 1. The van der Waals surface area contributed by atoms with Gasteiger partial charge in [-0.05, 0) is 32.2 Å². The van der Waals surface area contributed by atoms with E-state index < -0.39 is 0 Å². The summed E-state index contributed by atoms with van der Waals surface area (Å²) in [5.74, 6) is 0.119. The third kappa shape index (κ3) is 5.55. The molecule has 0 saturated carbocycles. The molecule has 0 saturated heterocycles. The van der Waals surface area contributed by atoms with Crippen molar-refractivity contribution >= 4 is 23.5 Å². The van der Waals surface area contributed by atoms with Crippen molar-refractivity contribution in [2.75, 3.05) is 19.4 Å². The molecule has 0 aliphatic heterocycles. The van der Waals surface area contributed by atoms with Gasteiger partial charge in [0.05, 0.1) is 5.56 Å². The Kier molecular flexibility index (Phi) is 6.36. The summed E-state index contributed by atoms with van der Waals surface area (Å²) in [5, 5.41) is 14.5. The minimum absolute atomic E-state index is 0.0262. The van der Waals surface area contributed by atoms with Crippen molar-refractivity contribution in [1.82, 2.24) is 5.32 Å². The molecule has 0 aliphatic carbocycles. The first-order chi connectivity index (χ1) is 9.89. The second-order valence-corrected chi connectivity index (χ2v) is 6.52. The van der Waals surface area contributed by atoms with Crippen LogP contribution in [0.25, 0.3) is 0 Å². The number of hydrogen-bond acceptors (Lipinski definition) is 5. The van der Waals surface area contributed by atoms with Crippen LogP contribution in [0, 0.1) is 0 Å². The monoisotopic (exact) mass is 311 g/mol. The van der Waals surface area contributed by atoms with E-state index >= 15 is 0 Å². The quantitative estimate of drug-likeness (QED) is 0.306. The van der Waals surface area contributed by atoms with E-state index in [4.69, 9.17) is 15.7 Å². The molecule has 0 aromatic heterocycles. The molecule has 1 aromatic rings. The number of hydrogen-bond donors (Lipinski definition) is 3. The zero-order valence-corrected chi connectivity index (χ0v) is 13.2. The molecule has 0 spiro atoms. The molecule has 0 radical (unpaired) electrons. The zero-order chi connectivity index (χ0) is 15.9. The first-order valence-corrected chi connectivity index (χ1v) is 7.63. The number of nitrogens with zero attached hydrogens (tertiary/aromatic N) is 1. The van der Waals surface area contributed by atoms with E-state index in [2.05, 4.69) is 10.5 Å². The van der Waals surface area contributed by atoms with E-state index in [1.54, 1.807) is 36.0 Å². The predicted octanol–water partition coefficient (Wildman–Crippen LogP) is 1.42. The Labute approximate surface area is 128 Å². The molecule has 21 heavy (non-hydrogen) atoms. The summed E-state index contributed by atoms with van der Waals surface area (Å²) >= 11 is 1.68. The van der Waals surface area contributed by atoms with Crippen molar-refractivity contribution in [1.29, 1.82) is 0 Å². The van der Waals surface area contributed by atoms with Crippen LogP contribution in [0.1, 0.15) is 19.4 Å². The Balaban J connectivity index is 2.58. The highest BCUT2D eigenvalue weighted by Gasteiger charge is 2.17. The minimum atomic E-state index is -0.216. The van der Waals surface area contributed by atoms with Crippen molar-refractivity contribution in [2.24, 2.45) is 10.9 Å². The fraction of sp³-hybridized carbons (Fsp3) is 0.429. The summed E-state index contributed by atoms with van der Waals surface area (Å²) in [6, 6.07) is 6.80. The van der Waals surface area contributed by atoms with E-state index in [0.29, 0.717) is 17.9 Å². The first-order valence-electron chi connectivity index (χ1n) is 6.41. The highest BCUT2D eigenvalue weighted by atomic mass is 32.2. The van der Waals surface area contributed by atoms with Gasteiger partial charge in [-0.25, -0.2) is 0 Å².